The van der Waals surface area contributed by atoms with Crippen molar-refractivity contribution >= 4 is 11.7 Å². The summed E-state index contributed by atoms with van der Waals surface area (Å²) in [6.07, 6.45) is -1.87. The van der Waals surface area contributed by atoms with Gasteiger partial charge in [0.05, 0.1) is 23.3 Å². The maximum atomic E-state index is 14.5. The highest BCUT2D eigenvalue weighted by molar-refractivity contribution is 5.84. The smallest absolute Gasteiger partial charge is 0.387 e. The number of piperazine rings is 1. The van der Waals surface area contributed by atoms with Gasteiger partial charge in [-0.1, -0.05) is 13.0 Å². The van der Waals surface area contributed by atoms with Crippen molar-refractivity contribution in [1.82, 2.24) is 20.2 Å². The van der Waals surface area contributed by atoms with Crippen molar-refractivity contribution in [2.24, 2.45) is 0 Å². The number of hydrogen-bond donors (Lipinski definition) is 2. The van der Waals surface area contributed by atoms with Gasteiger partial charge >= 0.3 is 6.18 Å². The summed E-state index contributed by atoms with van der Waals surface area (Å²) in [6.45, 7) is 5.16. The number of nitrogens with one attached hydrogen (secondary N) is 1. The largest absolute Gasteiger partial charge is 0.419 e. The molecule has 3 atom stereocenters. The molecule has 1 aromatic heterocycles. The normalized spacial score (nSPS) is 23.1. The lowest BCUT2D eigenvalue weighted by atomic mass is 9.94. The number of benzene rings is 1. The molecule has 0 unspecified atom stereocenters. The van der Waals surface area contributed by atoms with Crippen molar-refractivity contribution in [2.45, 2.75) is 56.3 Å². The van der Waals surface area contributed by atoms with Gasteiger partial charge in [0.2, 0.25) is 5.91 Å². The molecule has 8 nitrogen and oxygen atoms in total. The number of aliphatic hydroxyl groups excluding tert-OH is 1. The summed E-state index contributed by atoms with van der Waals surface area (Å²) in [7, 11) is 0. The zero-order valence-corrected chi connectivity index (χ0v) is 21.8. The summed E-state index contributed by atoms with van der Waals surface area (Å²) in [6, 6.07) is 2.86. The molecule has 1 aromatic carbocycles. The van der Waals surface area contributed by atoms with E-state index in [0.717, 1.165) is 30.3 Å². The Morgan fingerprint density at radius 2 is 1.90 bits per heavy atom. The van der Waals surface area contributed by atoms with E-state index in [4.69, 9.17) is 4.74 Å². The molecule has 12 heteroatoms. The number of fused-ring (bicyclic) bond motifs is 1. The highest BCUT2D eigenvalue weighted by Crippen LogP contribution is 2.43. The van der Waals surface area contributed by atoms with Gasteiger partial charge in [0.25, 0.3) is 0 Å². The minimum Gasteiger partial charge on any atom is -0.387 e. The Morgan fingerprint density at radius 3 is 2.56 bits per heavy atom. The number of anilines is 1. The fraction of sp³-hybridized carbons (Fsp3) is 0.593. The molecule has 3 heterocycles. The summed E-state index contributed by atoms with van der Waals surface area (Å²) < 4.78 is 59.4. The number of rotatable bonds is 6. The highest BCUT2D eigenvalue weighted by Gasteiger charge is 2.37. The Morgan fingerprint density at radius 1 is 1.18 bits per heavy atom. The molecule has 2 aromatic rings. The zero-order valence-electron chi connectivity index (χ0n) is 21.8. The van der Waals surface area contributed by atoms with E-state index in [-0.39, 0.29) is 30.0 Å². The van der Waals surface area contributed by atoms with E-state index in [1.807, 2.05) is 6.92 Å². The second kappa shape index (κ2) is 11.3. The molecule has 2 fully saturated rings. The molecule has 39 heavy (non-hydrogen) atoms. The van der Waals surface area contributed by atoms with E-state index in [9.17, 15) is 27.5 Å². The molecule has 2 saturated heterocycles. The van der Waals surface area contributed by atoms with Gasteiger partial charge in [0, 0.05) is 57.5 Å². The van der Waals surface area contributed by atoms with Gasteiger partial charge in [-0.15, -0.1) is 0 Å². The third kappa shape index (κ3) is 5.87. The van der Waals surface area contributed by atoms with Crippen LogP contribution in [-0.2, 0) is 15.7 Å². The third-order valence-electron chi connectivity index (χ3n) is 8.00. The Kier molecular flexibility index (Phi) is 8.06. The topological polar surface area (TPSA) is 90.8 Å². The van der Waals surface area contributed by atoms with E-state index in [0.29, 0.717) is 57.6 Å². The summed E-state index contributed by atoms with van der Waals surface area (Å²) >= 11 is 0. The van der Waals surface area contributed by atoms with Crippen LogP contribution in [-0.4, -0.2) is 77.9 Å². The maximum Gasteiger partial charge on any atom is 0.419 e. The number of aliphatic hydroxyl groups is 1. The van der Waals surface area contributed by atoms with Crippen LogP contribution in [0, 0.1) is 5.82 Å². The van der Waals surface area contributed by atoms with Crippen LogP contribution in [0.15, 0.2) is 24.5 Å². The fourth-order valence-electron chi connectivity index (χ4n) is 5.83. The quantitative estimate of drug-likeness (QED) is 0.532. The Hall–Kier alpha value is -2.83. The number of carbonyl (C=O) groups excluding carboxylic acids is 1. The number of nitrogens with zero attached hydrogens (tertiary/aromatic N) is 4. The van der Waals surface area contributed by atoms with Crippen LogP contribution in [0.2, 0.25) is 0 Å². The molecule has 1 amide bonds. The third-order valence-corrected chi connectivity index (χ3v) is 8.00. The van der Waals surface area contributed by atoms with Crippen molar-refractivity contribution in [3.8, 4) is 0 Å². The van der Waals surface area contributed by atoms with Crippen LogP contribution in [0.25, 0.3) is 0 Å². The summed E-state index contributed by atoms with van der Waals surface area (Å²) in [5.74, 6) is -1.61. The number of aromatic nitrogens is 2. The molecular formula is C27H33F4N5O3. The second-order valence-corrected chi connectivity index (χ2v) is 10.5. The molecule has 1 aliphatic carbocycles. The van der Waals surface area contributed by atoms with E-state index < -0.39 is 29.6 Å². The predicted octanol–water partition coefficient (Wildman–Crippen LogP) is 3.38. The number of hydrogen-bond acceptors (Lipinski definition) is 7. The fourth-order valence-corrected chi connectivity index (χ4v) is 5.83. The molecule has 0 saturated carbocycles. The van der Waals surface area contributed by atoms with Gasteiger partial charge < -0.3 is 25.0 Å². The molecule has 0 radical (unpaired) electrons. The van der Waals surface area contributed by atoms with Crippen molar-refractivity contribution in [2.75, 3.05) is 50.8 Å². The lowest BCUT2D eigenvalue weighted by molar-refractivity contribution is -0.140. The lowest BCUT2D eigenvalue weighted by Crippen LogP contribution is -2.52. The summed E-state index contributed by atoms with van der Waals surface area (Å²) in [5, 5.41) is 13.7. The van der Waals surface area contributed by atoms with Gasteiger partial charge in [0.15, 0.2) is 0 Å². The first kappa shape index (κ1) is 27.7. The van der Waals surface area contributed by atoms with E-state index in [2.05, 4.69) is 20.2 Å². The van der Waals surface area contributed by atoms with E-state index >= 15 is 0 Å². The Bertz CT molecular complexity index is 1180. The number of ether oxygens (including phenoxy) is 1. The first-order valence-electron chi connectivity index (χ1n) is 13.4. The number of halogens is 4. The van der Waals surface area contributed by atoms with Gasteiger partial charge in [-0.05, 0) is 42.9 Å². The van der Waals surface area contributed by atoms with Crippen molar-refractivity contribution < 1.29 is 32.2 Å². The van der Waals surface area contributed by atoms with Crippen LogP contribution in [0.1, 0.15) is 66.5 Å². The molecule has 212 valence electrons. The monoisotopic (exact) mass is 551 g/mol. The van der Waals surface area contributed by atoms with Crippen molar-refractivity contribution in [3.63, 3.8) is 0 Å². The minimum atomic E-state index is -4.81. The van der Waals surface area contributed by atoms with Gasteiger partial charge in [0.1, 0.15) is 18.0 Å². The highest BCUT2D eigenvalue weighted by atomic mass is 19.4. The minimum absolute atomic E-state index is 0.112. The van der Waals surface area contributed by atoms with Gasteiger partial charge in [-0.3, -0.25) is 4.79 Å². The Balaban J connectivity index is 1.32. The van der Waals surface area contributed by atoms with Gasteiger partial charge in [-0.2, -0.15) is 13.2 Å². The molecule has 5 rings (SSSR count). The molecular weight excluding hydrogens is 518 g/mol. The molecule has 0 bridgehead atoms. The van der Waals surface area contributed by atoms with Crippen molar-refractivity contribution in [3.05, 3.63) is 52.7 Å². The number of amides is 1. The van der Waals surface area contributed by atoms with Crippen LogP contribution < -0.4 is 10.2 Å². The SMILES string of the molecule is C[C@@H]1C[C@@H](O)c2ncnc(N3CCN(C(=O)[C@H](CNC4CCOCC4)c4ccc(C(F)(F)F)c(F)c4)CC3)c21. The summed E-state index contributed by atoms with van der Waals surface area (Å²) in [4.78, 5) is 26.2. The van der Waals surface area contributed by atoms with Crippen molar-refractivity contribution in [1.29, 1.82) is 0 Å². The lowest BCUT2D eigenvalue weighted by Gasteiger charge is -2.38. The molecule has 2 aliphatic heterocycles. The number of carbonyl (C=O) groups is 1. The first-order valence-corrected chi connectivity index (χ1v) is 13.4. The van der Waals surface area contributed by atoms with Crippen LogP contribution >= 0.6 is 0 Å². The zero-order chi connectivity index (χ0) is 27.7. The standard InChI is InChI=1S/C27H33F4N5O3/c1-16-12-22(37)24-23(16)25(34-15-33-24)35-6-8-36(9-7-35)26(38)19(14-32-18-4-10-39-11-5-18)17-2-3-20(21(28)13-17)27(29,30)31/h2-3,13,15-16,18-19,22,32,37H,4-12,14H2,1H3/t16-,19-,22-/m1/s1. The Labute approximate surface area is 224 Å². The maximum absolute atomic E-state index is 14.5. The van der Waals surface area contributed by atoms with Crippen LogP contribution in [0.5, 0.6) is 0 Å². The average Bonchev–Trinajstić information content (AvgIpc) is 3.22. The molecule has 0 spiro atoms. The molecule has 2 N–H and O–H groups in total. The second-order valence-electron chi connectivity index (χ2n) is 10.5. The van der Waals surface area contributed by atoms with Gasteiger partial charge in [-0.25, -0.2) is 14.4 Å². The molecule has 3 aliphatic rings. The first-order chi connectivity index (χ1) is 18.6. The average molecular weight is 552 g/mol. The van der Waals surface area contributed by atoms with Crippen LogP contribution in [0.4, 0.5) is 23.4 Å². The summed E-state index contributed by atoms with van der Waals surface area (Å²) in [5.41, 5.74) is 0.447. The van der Waals surface area contributed by atoms with Crippen LogP contribution in [0.3, 0.4) is 0 Å². The number of alkyl halides is 3. The van der Waals surface area contributed by atoms with E-state index in [1.54, 1.807) is 4.90 Å². The van der Waals surface area contributed by atoms with E-state index in [1.165, 1.54) is 12.4 Å². The predicted molar refractivity (Wildman–Crippen MR) is 135 cm³/mol.